The predicted molar refractivity (Wildman–Crippen MR) is 76.7 cm³/mol. The van der Waals surface area contributed by atoms with Crippen molar-refractivity contribution in [1.82, 2.24) is 0 Å². The number of hydrogen-bond donors (Lipinski definition) is 0. The molecule has 1 aromatic carbocycles. The average Bonchev–Trinajstić information content (AvgIpc) is 2.63. The van der Waals surface area contributed by atoms with E-state index in [0.717, 1.165) is 31.2 Å². The van der Waals surface area contributed by atoms with Crippen LogP contribution in [0.4, 0.5) is 0 Å². The van der Waals surface area contributed by atoms with Gasteiger partial charge in [-0.1, -0.05) is 43.0 Å². The first-order valence-corrected chi connectivity index (χ1v) is 7.37. The SMILES string of the molecule is COc1cc2c(c(Cl)c1Cl)C(=O)[C@]1(C)CCCC[C@H]21. The molecule has 0 amide bonds. The van der Waals surface area contributed by atoms with Crippen molar-refractivity contribution in [2.75, 3.05) is 7.11 Å². The molecule has 0 spiro atoms. The fraction of sp³-hybridized carbons (Fsp3) is 0.533. The predicted octanol–water partition coefficient (Wildman–Crippen LogP) is 4.86. The van der Waals surface area contributed by atoms with Gasteiger partial charge in [0.1, 0.15) is 10.8 Å². The number of carbonyl (C=O) groups is 1. The van der Waals surface area contributed by atoms with Gasteiger partial charge in [-0.2, -0.15) is 0 Å². The number of ketones is 1. The molecule has 2 aliphatic rings. The molecule has 0 aliphatic heterocycles. The minimum absolute atomic E-state index is 0.154. The third-order valence-corrected chi connectivity index (χ3v) is 5.60. The number of methoxy groups -OCH3 is 1. The lowest BCUT2D eigenvalue weighted by Crippen LogP contribution is -2.30. The van der Waals surface area contributed by atoms with Crippen LogP contribution in [0.25, 0.3) is 0 Å². The van der Waals surface area contributed by atoms with Crippen LogP contribution in [0.3, 0.4) is 0 Å². The topological polar surface area (TPSA) is 26.3 Å². The lowest BCUT2D eigenvalue weighted by molar-refractivity contribution is 0.0748. The van der Waals surface area contributed by atoms with Crippen molar-refractivity contribution >= 4 is 29.0 Å². The van der Waals surface area contributed by atoms with Crippen LogP contribution in [0.15, 0.2) is 6.07 Å². The van der Waals surface area contributed by atoms with Gasteiger partial charge >= 0.3 is 0 Å². The molecule has 0 N–H and O–H groups in total. The van der Waals surface area contributed by atoms with Crippen molar-refractivity contribution in [3.05, 3.63) is 27.2 Å². The Kier molecular flexibility index (Phi) is 3.06. The molecule has 0 heterocycles. The van der Waals surface area contributed by atoms with Gasteiger partial charge in [0.25, 0.3) is 0 Å². The van der Waals surface area contributed by atoms with Gasteiger partial charge in [-0.05, 0) is 30.4 Å². The van der Waals surface area contributed by atoms with Crippen LogP contribution in [-0.4, -0.2) is 12.9 Å². The molecule has 0 unspecified atom stereocenters. The van der Waals surface area contributed by atoms with Crippen molar-refractivity contribution < 1.29 is 9.53 Å². The second-order valence-corrected chi connectivity index (χ2v) is 6.47. The number of benzene rings is 1. The monoisotopic (exact) mass is 298 g/mol. The number of rotatable bonds is 1. The minimum atomic E-state index is -0.306. The first kappa shape index (κ1) is 13.3. The number of hydrogen-bond acceptors (Lipinski definition) is 2. The van der Waals surface area contributed by atoms with Crippen LogP contribution in [0.2, 0.25) is 10.0 Å². The first-order valence-electron chi connectivity index (χ1n) is 6.61. The summed E-state index contributed by atoms with van der Waals surface area (Å²) >= 11 is 12.5. The summed E-state index contributed by atoms with van der Waals surface area (Å²) in [5.74, 6) is 0.974. The van der Waals surface area contributed by atoms with Crippen LogP contribution in [0.5, 0.6) is 5.75 Å². The molecule has 4 heteroatoms. The van der Waals surface area contributed by atoms with Crippen LogP contribution in [-0.2, 0) is 0 Å². The number of Topliss-reactive ketones (excluding diaryl/α,β-unsaturated/α-hetero) is 1. The van der Waals surface area contributed by atoms with Crippen molar-refractivity contribution in [2.45, 2.75) is 38.5 Å². The van der Waals surface area contributed by atoms with Crippen LogP contribution in [0, 0.1) is 5.41 Å². The third kappa shape index (κ3) is 1.66. The highest BCUT2D eigenvalue weighted by atomic mass is 35.5. The molecular weight excluding hydrogens is 283 g/mol. The minimum Gasteiger partial charge on any atom is -0.495 e. The molecule has 0 saturated heterocycles. The first-order chi connectivity index (χ1) is 9.00. The van der Waals surface area contributed by atoms with Crippen molar-refractivity contribution in [3.63, 3.8) is 0 Å². The van der Waals surface area contributed by atoms with E-state index in [1.54, 1.807) is 7.11 Å². The van der Waals surface area contributed by atoms with E-state index in [2.05, 4.69) is 6.92 Å². The van der Waals surface area contributed by atoms with E-state index in [1.165, 1.54) is 0 Å². The highest BCUT2D eigenvalue weighted by Gasteiger charge is 2.51. The maximum absolute atomic E-state index is 12.7. The molecule has 2 nitrogen and oxygen atoms in total. The molecule has 1 fully saturated rings. The summed E-state index contributed by atoms with van der Waals surface area (Å²) in [6.45, 7) is 2.07. The maximum atomic E-state index is 12.7. The quantitative estimate of drug-likeness (QED) is 0.740. The average molecular weight is 299 g/mol. The second kappa shape index (κ2) is 4.39. The van der Waals surface area contributed by atoms with E-state index in [1.807, 2.05) is 6.07 Å². The normalized spacial score (nSPS) is 29.1. The molecule has 2 atom stereocenters. The Hall–Kier alpha value is -0.730. The smallest absolute Gasteiger partial charge is 0.171 e. The number of halogens is 2. The van der Waals surface area contributed by atoms with E-state index in [9.17, 15) is 4.79 Å². The van der Waals surface area contributed by atoms with Crippen molar-refractivity contribution in [3.8, 4) is 5.75 Å². The number of ether oxygens (including phenoxy) is 1. The highest BCUT2D eigenvalue weighted by molar-refractivity contribution is 6.45. The summed E-state index contributed by atoms with van der Waals surface area (Å²) in [4.78, 5) is 12.7. The Morgan fingerprint density at radius 2 is 2.05 bits per heavy atom. The molecule has 102 valence electrons. The van der Waals surface area contributed by atoms with Crippen molar-refractivity contribution in [2.24, 2.45) is 5.41 Å². The Labute approximate surface area is 123 Å². The fourth-order valence-electron chi connectivity index (χ4n) is 3.67. The molecule has 0 bridgehead atoms. The third-order valence-electron chi connectivity index (χ3n) is 4.75. The van der Waals surface area contributed by atoms with Gasteiger partial charge in [0.15, 0.2) is 5.78 Å². The summed E-state index contributed by atoms with van der Waals surface area (Å²) in [5, 5.41) is 0.704. The van der Waals surface area contributed by atoms with E-state index < -0.39 is 0 Å². The summed E-state index contributed by atoms with van der Waals surface area (Å²) in [5.41, 5.74) is 1.35. The lowest BCUT2D eigenvalue weighted by atomic mass is 9.68. The van der Waals surface area contributed by atoms with E-state index in [0.29, 0.717) is 21.4 Å². The Morgan fingerprint density at radius 3 is 2.74 bits per heavy atom. The van der Waals surface area contributed by atoms with E-state index in [4.69, 9.17) is 27.9 Å². The van der Waals surface area contributed by atoms with Gasteiger partial charge in [0.05, 0.1) is 12.1 Å². The van der Waals surface area contributed by atoms with Crippen LogP contribution >= 0.6 is 23.2 Å². The molecule has 0 aromatic heterocycles. The molecule has 2 aliphatic carbocycles. The standard InChI is InChI=1S/C15H16Cl2O2/c1-15-6-4-3-5-9(15)8-7-10(19-2)12(16)13(17)11(8)14(15)18/h7,9H,3-6H2,1-2H3/t9-,15-/m1/s1. The van der Waals surface area contributed by atoms with Crippen LogP contribution in [0.1, 0.15) is 54.4 Å². The number of fused-ring (bicyclic) bond motifs is 3. The summed E-state index contributed by atoms with van der Waals surface area (Å²) in [7, 11) is 1.57. The molecule has 3 rings (SSSR count). The van der Waals surface area contributed by atoms with Gasteiger partial charge < -0.3 is 4.74 Å². The summed E-state index contributed by atoms with van der Waals surface area (Å²) in [6, 6.07) is 1.91. The zero-order valence-corrected chi connectivity index (χ0v) is 12.6. The van der Waals surface area contributed by atoms with Gasteiger partial charge in [-0.3, -0.25) is 4.79 Å². The zero-order chi connectivity index (χ0) is 13.8. The molecule has 19 heavy (non-hydrogen) atoms. The van der Waals surface area contributed by atoms with E-state index >= 15 is 0 Å². The largest absolute Gasteiger partial charge is 0.495 e. The van der Waals surface area contributed by atoms with Gasteiger partial charge in [-0.25, -0.2) is 0 Å². The summed E-state index contributed by atoms with van der Waals surface area (Å²) in [6.07, 6.45) is 4.24. The molecule has 1 saturated carbocycles. The molecular formula is C15H16Cl2O2. The van der Waals surface area contributed by atoms with Crippen molar-refractivity contribution in [1.29, 1.82) is 0 Å². The van der Waals surface area contributed by atoms with Gasteiger partial charge in [-0.15, -0.1) is 0 Å². The highest BCUT2D eigenvalue weighted by Crippen LogP contribution is 2.58. The summed E-state index contributed by atoms with van der Waals surface area (Å²) < 4.78 is 5.27. The van der Waals surface area contributed by atoms with E-state index in [-0.39, 0.29) is 17.1 Å². The second-order valence-electron chi connectivity index (χ2n) is 5.72. The maximum Gasteiger partial charge on any atom is 0.171 e. The van der Waals surface area contributed by atoms with Gasteiger partial charge in [0.2, 0.25) is 0 Å². The Bertz CT molecular complexity index is 568. The lowest BCUT2D eigenvalue weighted by Gasteiger charge is -2.34. The van der Waals surface area contributed by atoms with Crippen LogP contribution < -0.4 is 4.74 Å². The zero-order valence-electron chi connectivity index (χ0n) is 11.1. The molecule has 0 radical (unpaired) electrons. The number of carbonyl (C=O) groups excluding carboxylic acids is 1. The fourth-order valence-corrected chi connectivity index (χ4v) is 4.18. The Balaban J connectivity index is 2.25. The molecule has 1 aromatic rings. The van der Waals surface area contributed by atoms with Gasteiger partial charge in [0, 0.05) is 11.0 Å². The Morgan fingerprint density at radius 1 is 1.32 bits per heavy atom.